The van der Waals surface area contributed by atoms with E-state index in [2.05, 4.69) is 20.9 Å². The minimum Gasteiger partial charge on any atom is -0.504 e. The van der Waals surface area contributed by atoms with Gasteiger partial charge in [0.05, 0.1) is 23.6 Å². The molecule has 0 amide bonds. The molecule has 2 aromatic carbocycles. The Morgan fingerprint density at radius 1 is 1.24 bits per heavy atom. The molecule has 9 nitrogen and oxygen atoms in total. The number of benzene rings is 2. The standard InChI is InChI=1S/C24H23ClF3N5O4S/c1-13(20-22(36)21(33(2)32-20)14-5-7-15(8-6-14)24(26,27)28)30-31-23(38)29-17-10-9-16(25)12-18(17)37-11-3-4-19(34)35/h5-10,12,36H,3-4,11H2,1-2H3,(H,34,35)(H2,29,31,38)/b30-13+. The van der Waals surface area contributed by atoms with E-state index in [4.69, 9.17) is 33.7 Å². The summed E-state index contributed by atoms with van der Waals surface area (Å²) >= 11 is 11.3. The van der Waals surface area contributed by atoms with Gasteiger partial charge in [-0.2, -0.15) is 23.4 Å². The average Bonchev–Trinajstić information content (AvgIpc) is 3.15. The van der Waals surface area contributed by atoms with Crippen molar-refractivity contribution < 1.29 is 32.9 Å². The molecule has 0 aliphatic rings. The van der Waals surface area contributed by atoms with Gasteiger partial charge in [0.15, 0.2) is 16.6 Å². The Morgan fingerprint density at radius 3 is 2.55 bits per heavy atom. The fraction of sp³-hybridized carbons (Fsp3) is 0.250. The van der Waals surface area contributed by atoms with Crippen molar-refractivity contribution in [1.29, 1.82) is 0 Å². The van der Waals surface area contributed by atoms with E-state index in [0.29, 0.717) is 28.4 Å². The van der Waals surface area contributed by atoms with E-state index in [1.807, 2.05) is 0 Å². The summed E-state index contributed by atoms with van der Waals surface area (Å²) in [6, 6.07) is 9.14. The Morgan fingerprint density at radius 2 is 1.92 bits per heavy atom. The third-order valence-corrected chi connectivity index (χ3v) is 5.59. The second-order valence-corrected chi connectivity index (χ2v) is 8.84. The first-order chi connectivity index (χ1) is 17.9. The van der Waals surface area contributed by atoms with Gasteiger partial charge in [-0.05, 0) is 49.8 Å². The van der Waals surface area contributed by atoms with E-state index in [1.54, 1.807) is 32.2 Å². The number of halogens is 4. The Balaban J connectivity index is 1.71. The van der Waals surface area contributed by atoms with Crippen LogP contribution in [0.5, 0.6) is 11.5 Å². The van der Waals surface area contributed by atoms with E-state index in [-0.39, 0.29) is 41.0 Å². The van der Waals surface area contributed by atoms with Crippen LogP contribution in [0.4, 0.5) is 18.9 Å². The zero-order chi connectivity index (χ0) is 28.0. The van der Waals surface area contributed by atoms with Crippen LogP contribution in [-0.4, -0.2) is 43.4 Å². The van der Waals surface area contributed by atoms with Crippen LogP contribution in [-0.2, 0) is 18.0 Å². The van der Waals surface area contributed by atoms with Gasteiger partial charge in [-0.3, -0.25) is 14.9 Å². The third-order valence-electron chi connectivity index (χ3n) is 5.16. The van der Waals surface area contributed by atoms with E-state index in [0.717, 1.165) is 12.1 Å². The normalized spacial score (nSPS) is 11.8. The molecule has 1 heterocycles. The summed E-state index contributed by atoms with van der Waals surface area (Å²) in [5.74, 6) is -0.831. The zero-order valence-electron chi connectivity index (χ0n) is 20.1. The van der Waals surface area contributed by atoms with E-state index in [1.165, 1.54) is 16.8 Å². The molecule has 3 aromatic rings. The molecule has 0 aliphatic heterocycles. The number of aromatic nitrogens is 2. The van der Waals surface area contributed by atoms with Crippen LogP contribution in [0.15, 0.2) is 47.6 Å². The van der Waals surface area contributed by atoms with Crippen molar-refractivity contribution >= 4 is 46.3 Å². The number of carbonyl (C=O) groups is 1. The molecule has 0 saturated heterocycles. The number of nitrogens with one attached hydrogen (secondary N) is 2. The fourth-order valence-electron chi connectivity index (χ4n) is 3.36. The van der Waals surface area contributed by atoms with Crippen molar-refractivity contribution in [2.24, 2.45) is 12.1 Å². The Bertz CT molecular complexity index is 1360. The van der Waals surface area contributed by atoms with Crippen LogP contribution in [0.2, 0.25) is 5.02 Å². The third kappa shape index (κ3) is 7.35. The molecule has 3 rings (SSSR count). The first kappa shape index (κ1) is 28.7. The zero-order valence-corrected chi connectivity index (χ0v) is 21.7. The van der Waals surface area contributed by atoms with Crippen LogP contribution in [0.25, 0.3) is 11.3 Å². The van der Waals surface area contributed by atoms with Crippen molar-refractivity contribution in [2.45, 2.75) is 25.9 Å². The maximum Gasteiger partial charge on any atom is 0.416 e. The molecular weight excluding hydrogens is 547 g/mol. The quantitative estimate of drug-likeness (QED) is 0.117. The van der Waals surface area contributed by atoms with Gasteiger partial charge in [0.2, 0.25) is 0 Å². The smallest absolute Gasteiger partial charge is 0.416 e. The molecule has 1 aromatic heterocycles. The number of carboxylic acid groups (broad SMARTS) is 1. The molecule has 0 spiro atoms. The van der Waals surface area contributed by atoms with Gasteiger partial charge >= 0.3 is 12.1 Å². The first-order valence-electron chi connectivity index (χ1n) is 11.1. The summed E-state index contributed by atoms with van der Waals surface area (Å²) in [4.78, 5) is 10.7. The van der Waals surface area contributed by atoms with E-state index >= 15 is 0 Å². The molecule has 0 saturated carbocycles. The predicted molar refractivity (Wildman–Crippen MR) is 141 cm³/mol. The number of aryl methyl sites for hydroxylation is 1. The molecule has 0 radical (unpaired) electrons. The number of nitrogens with zero attached hydrogens (tertiary/aromatic N) is 3. The van der Waals surface area contributed by atoms with Gasteiger partial charge in [0.25, 0.3) is 0 Å². The van der Waals surface area contributed by atoms with Crippen LogP contribution >= 0.6 is 23.8 Å². The van der Waals surface area contributed by atoms with Crippen LogP contribution in [0, 0.1) is 0 Å². The summed E-state index contributed by atoms with van der Waals surface area (Å²) in [5, 5.41) is 31.2. The molecule has 4 N–H and O–H groups in total. The van der Waals surface area contributed by atoms with Gasteiger partial charge in [-0.1, -0.05) is 23.7 Å². The van der Waals surface area contributed by atoms with Crippen LogP contribution in [0.3, 0.4) is 0 Å². The number of aromatic hydroxyl groups is 1. The Hall–Kier alpha value is -3.84. The van der Waals surface area contributed by atoms with Crippen molar-refractivity contribution in [2.75, 3.05) is 11.9 Å². The number of aliphatic carboxylic acids is 1. The SMILES string of the molecule is C/C(=N\NC(=S)Nc1ccc(Cl)cc1OCCCC(=O)O)c1nn(C)c(-c2ccc(C(F)(F)F)cc2)c1O. The Labute approximate surface area is 225 Å². The van der Waals surface area contributed by atoms with Crippen molar-refractivity contribution in [3.63, 3.8) is 0 Å². The number of carboxylic acids is 1. The van der Waals surface area contributed by atoms with Crippen molar-refractivity contribution in [3.8, 4) is 22.8 Å². The van der Waals surface area contributed by atoms with E-state index in [9.17, 15) is 23.1 Å². The van der Waals surface area contributed by atoms with Crippen molar-refractivity contribution in [3.05, 3.63) is 58.7 Å². The number of hydrogen-bond donors (Lipinski definition) is 4. The largest absolute Gasteiger partial charge is 0.504 e. The lowest BCUT2D eigenvalue weighted by Crippen LogP contribution is -2.25. The maximum atomic E-state index is 12.9. The van der Waals surface area contributed by atoms with Crippen LogP contribution in [0.1, 0.15) is 31.0 Å². The lowest BCUT2D eigenvalue weighted by molar-refractivity contribution is -0.138. The summed E-state index contributed by atoms with van der Waals surface area (Å²) in [6.07, 6.45) is -4.22. The number of anilines is 1. The molecule has 0 fully saturated rings. The lowest BCUT2D eigenvalue weighted by Gasteiger charge is -2.14. The molecule has 0 aliphatic carbocycles. The highest BCUT2D eigenvalue weighted by Crippen LogP contribution is 2.35. The molecule has 0 unspecified atom stereocenters. The number of hydrogen-bond acceptors (Lipinski definition) is 6. The minimum atomic E-state index is -4.47. The summed E-state index contributed by atoms with van der Waals surface area (Å²) < 4.78 is 45.6. The highest BCUT2D eigenvalue weighted by molar-refractivity contribution is 7.80. The van der Waals surface area contributed by atoms with Crippen molar-refractivity contribution in [1.82, 2.24) is 15.2 Å². The Kier molecular flexibility index (Phi) is 9.17. The minimum absolute atomic E-state index is 0.0434. The van der Waals surface area contributed by atoms with Gasteiger partial charge in [0.1, 0.15) is 11.4 Å². The second-order valence-electron chi connectivity index (χ2n) is 7.99. The molecule has 202 valence electrons. The number of ether oxygens (including phenoxy) is 1. The highest BCUT2D eigenvalue weighted by Gasteiger charge is 2.30. The van der Waals surface area contributed by atoms with Gasteiger partial charge in [-0.15, -0.1) is 0 Å². The predicted octanol–water partition coefficient (Wildman–Crippen LogP) is 5.42. The number of thiocarbonyl (C=S) groups is 1. The monoisotopic (exact) mass is 569 g/mol. The molecule has 0 atom stereocenters. The average molecular weight is 570 g/mol. The first-order valence-corrected chi connectivity index (χ1v) is 11.8. The number of rotatable bonds is 9. The van der Waals surface area contributed by atoms with Gasteiger partial charge in [-0.25, -0.2) is 0 Å². The highest BCUT2D eigenvalue weighted by atomic mass is 35.5. The molecular formula is C24H23ClF3N5O4S. The second kappa shape index (κ2) is 12.1. The molecule has 14 heteroatoms. The maximum absolute atomic E-state index is 12.9. The van der Waals surface area contributed by atoms with Gasteiger partial charge in [0, 0.05) is 30.1 Å². The lowest BCUT2D eigenvalue weighted by atomic mass is 10.1. The summed E-state index contributed by atoms with van der Waals surface area (Å²) in [7, 11) is 1.54. The topological polar surface area (TPSA) is 121 Å². The fourth-order valence-corrected chi connectivity index (χ4v) is 3.68. The summed E-state index contributed by atoms with van der Waals surface area (Å²) in [6.45, 7) is 1.71. The number of alkyl halides is 3. The molecule has 0 bridgehead atoms. The number of hydrazone groups is 1. The van der Waals surface area contributed by atoms with E-state index < -0.39 is 17.7 Å². The van der Waals surface area contributed by atoms with Gasteiger partial charge < -0.3 is 20.3 Å². The summed E-state index contributed by atoms with van der Waals surface area (Å²) in [5.41, 5.74) is 3.20. The van der Waals surface area contributed by atoms with Crippen LogP contribution < -0.4 is 15.5 Å². The molecule has 38 heavy (non-hydrogen) atoms.